The highest BCUT2D eigenvalue weighted by Gasteiger charge is 2.25. The second kappa shape index (κ2) is 11.1. The number of benzene rings is 3. The van der Waals surface area contributed by atoms with Crippen molar-refractivity contribution < 1.29 is 10.6 Å². The van der Waals surface area contributed by atoms with E-state index >= 15 is 0 Å². The van der Waals surface area contributed by atoms with Gasteiger partial charge in [-0.15, -0.1) is 0 Å². The predicted octanol–water partition coefficient (Wildman–Crippen LogP) is 5.19. The van der Waals surface area contributed by atoms with Crippen LogP contribution in [0.1, 0.15) is 39.6 Å². The Balaban J connectivity index is 0.00000353. The quantitative estimate of drug-likeness (QED) is 0.303. The zero-order chi connectivity index (χ0) is 26.6. The van der Waals surface area contributed by atoms with E-state index in [1.54, 1.807) is 18.5 Å². The van der Waals surface area contributed by atoms with E-state index in [9.17, 15) is 9.18 Å². The molecule has 7 heteroatoms. The van der Waals surface area contributed by atoms with E-state index in [1.165, 1.54) is 0 Å². The fourth-order valence-electron chi connectivity index (χ4n) is 4.53. The second-order valence-electron chi connectivity index (χ2n) is 9.80. The van der Waals surface area contributed by atoms with Crippen molar-refractivity contribution in [2.24, 2.45) is 0 Å². The molecule has 194 valence electrons. The Bertz CT molecular complexity index is 1560. The van der Waals surface area contributed by atoms with Crippen LogP contribution in [0.25, 0.3) is 11.0 Å². The van der Waals surface area contributed by atoms with Crippen LogP contribution in [0.3, 0.4) is 0 Å². The molecule has 1 amide bonds. The van der Waals surface area contributed by atoms with Crippen molar-refractivity contribution in [3.8, 4) is 11.8 Å². The monoisotopic (exact) mass is 509 g/mol. The van der Waals surface area contributed by atoms with Gasteiger partial charge in [0.2, 0.25) is 0 Å². The fraction of sp³-hybridized carbons (Fsp3) is 0.258. The molecule has 6 nitrogen and oxygen atoms in total. The predicted molar refractivity (Wildman–Crippen MR) is 151 cm³/mol. The van der Waals surface area contributed by atoms with Crippen LogP contribution in [0.15, 0.2) is 67.0 Å². The number of piperazine rings is 1. The minimum atomic E-state index is -0.971. The second-order valence-corrected chi connectivity index (χ2v) is 9.80. The van der Waals surface area contributed by atoms with Gasteiger partial charge in [0.25, 0.3) is 5.91 Å². The summed E-state index contributed by atoms with van der Waals surface area (Å²) in [6.07, 6.45) is 2.35. The maximum atomic E-state index is 14.4. The van der Waals surface area contributed by atoms with Gasteiger partial charge in [0, 0.05) is 62.4 Å². The first-order valence-electron chi connectivity index (χ1n) is 12.7. The van der Waals surface area contributed by atoms with Crippen LogP contribution >= 0.6 is 0 Å². The van der Waals surface area contributed by atoms with Crippen molar-refractivity contribution in [3.63, 3.8) is 0 Å². The SMILES string of the molecule is Cc1ccc(C(=O)Nc2ccc(CN3CCN(C)CC3F)c(C)c2)cc1C#Cc1ccc2nccnc2c1.[HH]. The van der Waals surface area contributed by atoms with Gasteiger partial charge in [-0.25, -0.2) is 4.39 Å². The Morgan fingerprint density at radius 1 is 1.00 bits per heavy atom. The van der Waals surface area contributed by atoms with Gasteiger partial charge in [0.05, 0.1) is 11.0 Å². The van der Waals surface area contributed by atoms with Crippen molar-refractivity contribution in [2.75, 3.05) is 32.0 Å². The Morgan fingerprint density at radius 3 is 2.61 bits per heavy atom. The number of nitrogens with zero attached hydrogens (tertiary/aromatic N) is 4. The normalized spacial score (nSPS) is 16.2. The number of hydrogen-bond acceptors (Lipinski definition) is 5. The van der Waals surface area contributed by atoms with Gasteiger partial charge in [-0.2, -0.15) is 0 Å². The van der Waals surface area contributed by atoms with E-state index in [0.717, 1.165) is 45.4 Å². The molecule has 0 aliphatic carbocycles. The van der Waals surface area contributed by atoms with Crippen molar-refractivity contribution in [1.82, 2.24) is 19.8 Å². The van der Waals surface area contributed by atoms with Crippen LogP contribution in [-0.4, -0.2) is 58.7 Å². The maximum Gasteiger partial charge on any atom is 0.255 e. The molecule has 0 bridgehead atoms. The molecule has 1 fully saturated rings. The van der Waals surface area contributed by atoms with E-state index < -0.39 is 6.30 Å². The fourth-order valence-corrected chi connectivity index (χ4v) is 4.53. The lowest BCUT2D eigenvalue weighted by molar-refractivity contribution is 0.00403. The molecule has 1 aliphatic heterocycles. The lowest BCUT2D eigenvalue weighted by atomic mass is 10.0. The molecule has 4 aromatic rings. The Kier molecular flexibility index (Phi) is 7.45. The number of anilines is 1. The smallest absolute Gasteiger partial charge is 0.255 e. The molecule has 1 aliphatic rings. The number of fused-ring (bicyclic) bond motifs is 1. The standard InChI is InChI=1S/C31H30FN5O.H2/c1-21-4-7-25(18-24(21)8-5-23-6-11-28-29(17-23)34-13-12-33-28)31(38)35-27-10-9-26(22(2)16-27)19-37-15-14-36(3)20-30(37)32;/h4,6-7,9-13,16-18,30H,14-15,19-20H2,1-3H3,(H,35,38);1H. The molecular weight excluding hydrogens is 477 g/mol. The summed E-state index contributed by atoms with van der Waals surface area (Å²) in [4.78, 5) is 25.5. The number of aryl methyl sites for hydroxylation is 2. The van der Waals surface area contributed by atoms with Crippen LogP contribution in [0, 0.1) is 25.7 Å². The number of carbonyl (C=O) groups is 1. The van der Waals surface area contributed by atoms with E-state index in [2.05, 4.69) is 27.1 Å². The third-order valence-corrected chi connectivity index (χ3v) is 6.91. The molecule has 0 spiro atoms. The minimum Gasteiger partial charge on any atom is -0.322 e. The molecule has 2 heterocycles. The first kappa shape index (κ1) is 25.5. The first-order valence-corrected chi connectivity index (χ1v) is 12.7. The van der Waals surface area contributed by atoms with E-state index in [4.69, 9.17) is 0 Å². The van der Waals surface area contributed by atoms with Crippen molar-refractivity contribution in [1.29, 1.82) is 0 Å². The molecule has 1 atom stereocenters. The minimum absolute atomic E-state index is 0. The van der Waals surface area contributed by atoms with Gasteiger partial charge in [0.1, 0.15) is 0 Å². The number of amides is 1. The molecule has 38 heavy (non-hydrogen) atoms. The molecule has 5 rings (SSSR count). The van der Waals surface area contributed by atoms with Crippen molar-refractivity contribution >= 4 is 22.6 Å². The summed E-state index contributed by atoms with van der Waals surface area (Å²) in [6.45, 7) is 6.50. The van der Waals surface area contributed by atoms with Crippen LogP contribution in [0.2, 0.25) is 0 Å². The van der Waals surface area contributed by atoms with Crippen LogP contribution < -0.4 is 5.32 Å². The summed E-state index contributed by atoms with van der Waals surface area (Å²) >= 11 is 0. The van der Waals surface area contributed by atoms with Crippen LogP contribution in [0.4, 0.5) is 10.1 Å². The molecule has 1 aromatic heterocycles. The summed E-state index contributed by atoms with van der Waals surface area (Å²) in [6, 6.07) is 17.0. The summed E-state index contributed by atoms with van der Waals surface area (Å²) < 4.78 is 14.4. The summed E-state index contributed by atoms with van der Waals surface area (Å²) in [5.74, 6) is 6.17. The number of aromatic nitrogens is 2. The zero-order valence-corrected chi connectivity index (χ0v) is 21.8. The number of rotatable bonds is 4. The van der Waals surface area contributed by atoms with Gasteiger partial charge < -0.3 is 10.2 Å². The Morgan fingerprint density at radius 2 is 1.82 bits per heavy atom. The third kappa shape index (κ3) is 5.88. The average molecular weight is 510 g/mol. The number of hydrogen-bond donors (Lipinski definition) is 1. The average Bonchev–Trinajstić information content (AvgIpc) is 2.91. The zero-order valence-electron chi connectivity index (χ0n) is 21.8. The number of likely N-dealkylation sites (N-methyl/N-ethyl adjacent to an activating group) is 1. The van der Waals surface area contributed by atoms with Gasteiger partial charge in [0.15, 0.2) is 6.30 Å². The lowest BCUT2D eigenvalue weighted by Gasteiger charge is -2.35. The highest BCUT2D eigenvalue weighted by molar-refractivity contribution is 6.04. The molecule has 0 saturated carbocycles. The van der Waals surface area contributed by atoms with E-state index in [0.29, 0.717) is 30.9 Å². The highest BCUT2D eigenvalue weighted by atomic mass is 19.1. The topological polar surface area (TPSA) is 61.4 Å². The van der Waals surface area contributed by atoms with E-state index in [1.807, 2.05) is 79.2 Å². The largest absolute Gasteiger partial charge is 0.322 e. The molecule has 0 radical (unpaired) electrons. The summed E-state index contributed by atoms with van der Waals surface area (Å²) in [7, 11) is 1.94. The number of nitrogens with one attached hydrogen (secondary N) is 1. The molecular formula is C31H32FN5O. The molecule has 1 unspecified atom stereocenters. The number of alkyl halides is 1. The lowest BCUT2D eigenvalue weighted by Crippen LogP contribution is -2.49. The summed E-state index contributed by atoms with van der Waals surface area (Å²) in [5.41, 5.74) is 7.54. The van der Waals surface area contributed by atoms with Crippen LogP contribution in [-0.2, 0) is 6.54 Å². The molecule has 1 saturated heterocycles. The Hall–Kier alpha value is -4.12. The van der Waals surface area contributed by atoms with Gasteiger partial charge in [-0.3, -0.25) is 19.7 Å². The van der Waals surface area contributed by atoms with Crippen molar-refractivity contribution in [2.45, 2.75) is 26.7 Å². The van der Waals surface area contributed by atoms with Crippen LogP contribution in [0.5, 0.6) is 0 Å². The van der Waals surface area contributed by atoms with Crippen molar-refractivity contribution in [3.05, 3.63) is 100 Å². The van der Waals surface area contributed by atoms with E-state index in [-0.39, 0.29) is 7.33 Å². The highest BCUT2D eigenvalue weighted by Crippen LogP contribution is 2.21. The third-order valence-electron chi connectivity index (χ3n) is 6.91. The molecule has 1 N–H and O–H groups in total. The number of carbonyl (C=O) groups excluding carboxylic acids is 1. The molecule has 3 aromatic carbocycles. The van der Waals surface area contributed by atoms with Gasteiger partial charge >= 0.3 is 0 Å². The van der Waals surface area contributed by atoms with Gasteiger partial charge in [-0.05, 0) is 80.1 Å². The first-order chi connectivity index (χ1) is 18.4. The summed E-state index contributed by atoms with van der Waals surface area (Å²) in [5, 5.41) is 2.99. The maximum absolute atomic E-state index is 14.4. The Labute approximate surface area is 224 Å². The van der Waals surface area contributed by atoms with Gasteiger partial charge in [-0.1, -0.05) is 24.0 Å². The number of halogens is 1.